The Balaban J connectivity index is 2.18. The molecule has 0 bridgehead atoms. The zero-order valence-electron chi connectivity index (χ0n) is 11.0. The SMILES string of the molecule is Cc1ncc(CNc2cnn(C(C)C)c(=O)c2Cl)s1. The number of hydrogen-bond acceptors (Lipinski definition) is 5. The van der Waals surface area contributed by atoms with E-state index < -0.39 is 0 Å². The van der Waals surface area contributed by atoms with Gasteiger partial charge in [0.2, 0.25) is 0 Å². The molecule has 2 heterocycles. The van der Waals surface area contributed by atoms with Gasteiger partial charge in [-0.2, -0.15) is 5.10 Å². The van der Waals surface area contributed by atoms with Crippen molar-refractivity contribution in [3.63, 3.8) is 0 Å². The number of rotatable bonds is 4. The van der Waals surface area contributed by atoms with Crippen LogP contribution in [0.15, 0.2) is 17.2 Å². The van der Waals surface area contributed by atoms with E-state index in [-0.39, 0.29) is 16.6 Å². The molecule has 0 amide bonds. The molecular weight excluding hydrogens is 284 g/mol. The van der Waals surface area contributed by atoms with Crippen molar-refractivity contribution < 1.29 is 0 Å². The van der Waals surface area contributed by atoms with E-state index in [1.54, 1.807) is 17.5 Å². The first-order valence-electron chi connectivity index (χ1n) is 5.91. The van der Waals surface area contributed by atoms with Crippen LogP contribution >= 0.6 is 22.9 Å². The van der Waals surface area contributed by atoms with Crippen molar-refractivity contribution in [2.24, 2.45) is 0 Å². The molecule has 0 radical (unpaired) electrons. The lowest BCUT2D eigenvalue weighted by atomic mass is 10.4. The molecule has 0 unspecified atom stereocenters. The van der Waals surface area contributed by atoms with Crippen LogP contribution in [-0.4, -0.2) is 14.8 Å². The van der Waals surface area contributed by atoms with E-state index >= 15 is 0 Å². The maximum atomic E-state index is 12.0. The van der Waals surface area contributed by atoms with Crippen LogP contribution < -0.4 is 10.9 Å². The highest BCUT2D eigenvalue weighted by molar-refractivity contribution is 7.11. The zero-order valence-corrected chi connectivity index (χ0v) is 12.5. The zero-order chi connectivity index (χ0) is 14.0. The third-order valence-electron chi connectivity index (χ3n) is 2.55. The fourth-order valence-electron chi connectivity index (χ4n) is 1.61. The summed E-state index contributed by atoms with van der Waals surface area (Å²) in [5.41, 5.74) is 0.275. The Morgan fingerprint density at radius 3 is 2.79 bits per heavy atom. The van der Waals surface area contributed by atoms with Gasteiger partial charge in [-0.1, -0.05) is 11.6 Å². The van der Waals surface area contributed by atoms with Crippen LogP contribution in [0.3, 0.4) is 0 Å². The number of nitrogens with zero attached hydrogens (tertiary/aromatic N) is 3. The van der Waals surface area contributed by atoms with Gasteiger partial charge in [-0.25, -0.2) is 9.67 Å². The van der Waals surface area contributed by atoms with Gasteiger partial charge in [0.25, 0.3) is 5.56 Å². The third kappa shape index (κ3) is 3.13. The molecule has 0 saturated carbocycles. The van der Waals surface area contributed by atoms with Gasteiger partial charge in [0.05, 0.1) is 29.5 Å². The highest BCUT2D eigenvalue weighted by atomic mass is 35.5. The van der Waals surface area contributed by atoms with Gasteiger partial charge >= 0.3 is 0 Å². The predicted octanol–water partition coefficient (Wildman–Crippen LogP) is 2.85. The Kier molecular flexibility index (Phi) is 4.21. The van der Waals surface area contributed by atoms with Crippen LogP contribution in [-0.2, 0) is 6.54 Å². The van der Waals surface area contributed by atoms with Crippen LogP contribution in [0.25, 0.3) is 0 Å². The summed E-state index contributed by atoms with van der Waals surface area (Å²) in [6.45, 7) is 6.31. The molecule has 5 nitrogen and oxygen atoms in total. The Hall–Kier alpha value is -1.40. The number of aromatic nitrogens is 3. The smallest absolute Gasteiger partial charge is 0.287 e. The summed E-state index contributed by atoms with van der Waals surface area (Å²) in [7, 11) is 0. The van der Waals surface area contributed by atoms with Crippen molar-refractivity contribution in [2.45, 2.75) is 33.4 Å². The number of nitrogens with one attached hydrogen (secondary N) is 1. The van der Waals surface area contributed by atoms with E-state index in [9.17, 15) is 4.79 Å². The summed E-state index contributed by atoms with van der Waals surface area (Å²) >= 11 is 7.67. The molecule has 0 aromatic carbocycles. The minimum Gasteiger partial charge on any atom is -0.377 e. The molecule has 0 aliphatic heterocycles. The minimum atomic E-state index is -0.276. The molecule has 0 aliphatic rings. The van der Waals surface area contributed by atoms with Crippen molar-refractivity contribution in [3.05, 3.63) is 37.7 Å². The van der Waals surface area contributed by atoms with Gasteiger partial charge < -0.3 is 5.32 Å². The third-order valence-corrected chi connectivity index (χ3v) is 3.83. The average Bonchev–Trinajstić information content (AvgIpc) is 2.76. The molecule has 0 saturated heterocycles. The van der Waals surface area contributed by atoms with Gasteiger partial charge in [-0.3, -0.25) is 4.79 Å². The van der Waals surface area contributed by atoms with Crippen molar-refractivity contribution >= 4 is 28.6 Å². The highest BCUT2D eigenvalue weighted by Gasteiger charge is 2.11. The standard InChI is InChI=1S/C12H15ClN4OS/c1-7(2)17-12(18)11(13)10(6-16-17)15-5-9-4-14-8(3)19-9/h4,6-7,15H,5H2,1-3H3. The second-order valence-corrected chi connectivity index (χ2v) is 6.11. The maximum absolute atomic E-state index is 12.0. The molecule has 102 valence electrons. The molecule has 1 N–H and O–H groups in total. The molecule has 0 atom stereocenters. The van der Waals surface area contributed by atoms with Gasteiger partial charge in [-0.05, 0) is 20.8 Å². The number of hydrogen-bond donors (Lipinski definition) is 1. The monoisotopic (exact) mass is 298 g/mol. The lowest BCUT2D eigenvalue weighted by Gasteiger charge is -2.11. The summed E-state index contributed by atoms with van der Waals surface area (Å²) in [5, 5.41) is 8.39. The number of thiazole rings is 1. The Morgan fingerprint density at radius 2 is 2.21 bits per heavy atom. The first-order valence-corrected chi connectivity index (χ1v) is 7.11. The Labute approximate surface area is 120 Å². The largest absolute Gasteiger partial charge is 0.377 e. The van der Waals surface area contributed by atoms with E-state index in [0.717, 1.165) is 9.88 Å². The number of aryl methyl sites for hydroxylation is 1. The Morgan fingerprint density at radius 1 is 1.47 bits per heavy atom. The van der Waals surface area contributed by atoms with E-state index in [1.807, 2.05) is 27.0 Å². The molecular formula is C12H15ClN4OS. The average molecular weight is 299 g/mol. The van der Waals surface area contributed by atoms with Crippen molar-refractivity contribution in [3.8, 4) is 0 Å². The summed E-state index contributed by atoms with van der Waals surface area (Å²) in [6.07, 6.45) is 3.39. The quantitative estimate of drug-likeness (QED) is 0.943. The minimum absolute atomic E-state index is 0.0109. The predicted molar refractivity (Wildman–Crippen MR) is 78.1 cm³/mol. The van der Waals surface area contributed by atoms with Crippen LogP contribution in [0, 0.1) is 6.92 Å². The molecule has 2 aromatic rings. The van der Waals surface area contributed by atoms with Gasteiger partial charge in [0.15, 0.2) is 0 Å². The first kappa shape index (κ1) is 14.0. The Bertz CT molecular complexity index is 635. The van der Waals surface area contributed by atoms with Crippen LogP contribution in [0.2, 0.25) is 5.02 Å². The second kappa shape index (κ2) is 5.71. The summed E-state index contributed by atoms with van der Waals surface area (Å²) < 4.78 is 1.37. The lowest BCUT2D eigenvalue weighted by molar-refractivity contribution is 0.503. The van der Waals surface area contributed by atoms with Crippen LogP contribution in [0.4, 0.5) is 5.69 Å². The fourth-order valence-corrected chi connectivity index (χ4v) is 2.54. The van der Waals surface area contributed by atoms with Gasteiger partial charge in [0, 0.05) is 11.1 Å². The van der Waals surface area contributed by atoms with Gasteiger partial charge in [0.1, 0.15) is 5.02 Å². The lowest BCUT2D eigenvalue weighted by Crippen LogP contribution is -2.25. The molecule has 0 aliphatic carbocycles. The van der Waals surface area contributed by atoms with E-state index in [1.165, 1.54) is 4.68 Å². The topological polar surface area (TPSA) is 59.8 Å². The summed E-state index contributed by atoms with van der Waals surface area (Å²) in [5.74, 6) is 0. The van der Waals surface area contributed by atoms with E-state index in [0.29, 0.717) is 12.2 Å². The maximum Gasteiger partial charge on any atom is 0.287 e. The first-order chi connectivity index (χ1) is 8.99. The summed E-state index contributed by atoms with van der Waals surface area (Å²) in [4.78, 5) is 17.2. The molecule has 0 spiro atoms. The molecule has 19 heavy (non-hydrogen) atoms. The van der Waals surface area contributed by atoms with E-state index in [4.69, 9.17) is 11.6 Å². The number of halogens is 1. The highest BCUT2D eigenvalue weighted by Crippen LogP contribution is 2.19. The molecule has 0 fully saturated rings. The van der Waals surface area contributed by atoms with Crippen LogP contribution in [0.5, 0.6) is 0 Å². The fraction of sp³-hybridized carbons (Fsp3) is 0.417. The van der Waals surface area contributed by atoms with Crippen molar-refractivity contribution in [1.29, 1.82) is 0 Å². The normalized spacial score (nSPS) is 11.0. The summed E-state index contributed by atoms with van der Waals surface area (Å²) in [6, 6.07) is -0.0109. The van der Waals surface area contributed by atoms with Crippen molar-refractivity contribution in [2.75, 3.05) is 5.32 Å². The van der Waals surface area contributed by atoms with E-state index in [2.05, 4.69) is 15.4 Å². The number of anilines is 1. The van der Waals surface area contributed by atoms with Crippen molar-refractivity contribution in [1.82, 2.24) is 14.8 Å². The van der Waals surface area contributed by atoms with Gasteiger partial charge in [-0.15, -0.1) is 11.3 Å². The molecule has 7 heteroatoms. The molecule has 2 aromatic heterocycles. The van der Waals surface area contributed by atoms with Crippen LogP contribution in [0.1, 0.15) is 29.8 Å². The molecule has 2 rings (SSSR count). The second-order valence-electron chi connectivity index (χ2n) is 4.41.